The lowest BCUT2D eigenvalue weighted by molar-refractivity contribution is -0.123. The van der Waals surface area contributed by atoms with Gasteiger partial charge in [-0.3, -0.25) is 9.69 Å². The predicted octanol–water partition coefficient (Wildman–Crippen LogP) is 1.32. The predicted molar refractivity (Wildman–Crippen MR) is 41.1 cm³/mol. The number of hydrogen-bond acceptors (Lipinski definition) is 2. The van der Waals surface area contributed by atoms with Crippen LogP contribution >= 0.6 is 11.8 Å². The minimum absolute atomic E-state index is 0.201. The van der Waals surface area contributed by atoms with Gasteiger partial charge in [0, 0.05) is 6.20 Å². The highest BCUT2D eigenvalue weighted by molar-refractivity contribution is 8.04. The van der Waals surface area contributed by atoms with Gasteiger partial charge in [0.2, 0.25) is 5.91 Å². The lowest BCUT2D eigenvalue weighted by Gasteiger charge is -2.13. The molecule has 0 spiro atoms. The molecule has 0 aliphatic carbocycles. The Labute approximate surface area is 63.6 Å². The zero-order valence-corrected chi connectivity index (χ0v) is 6.23. The molecule has 0 radical (unpaired) electrons. The van der Waals surface area contributed by atoms with Crippen molar-refractivity contribution in [3.8, 4) is 0 Å². The second kappa shape index (κ2) is 2.16. The second-order valence-electron chi connectivity index (χ2n) is 2.22. The molecule has 0 aromatic rings. The van der Waals surface area contributed by atoms with Crippen LogP contribution in [0.15, 0.2) is 23.4 Å². The number of allylic oxidation sites excluding steroid dienone is 2. The summed E-state index contributed by atoms with van der Waals surface area (Å²) in [4.78, 5) is 12.7. The van der Waals surface area contributed by atoms with Crippen LogP contribution in [0.2, 0.25) is 0 Å². The summed E-state index contributed by atoms with van der Waals surface area (Å²) in [7, 11) is 0. The number of carbonyl (C=O) groups excluding carboxylic acids is 1. The van der Waals surface area contributed by atoms with E-state index in [2.05, 4.69) is 6.08 Å². The fourth-order valence-corrected chi connectivity index (χ4v) is 1.97. The van der Waals surface area contributed by atoms with Crippen molar-refractivity contribution >= 4 is 17.7 Å². The van der Waals surface area contributed by atoms with Crippen LogP contribution in [-0.4, -0.2) is 16.6 Å². The van der Waals surface area contributed by atoms with E-state index >= 15 is 0 Å². The SMILES string of the molecule is O=C1CSC2=CCC=CN12. The second-order valence-corrected chi connectivity index (χ2v) is 3.21. The van der Waals surface area contributed by atoms with Crippen molar-refractivity contribution in [3.05, 3.63) is 23.4 Å². The molecule has 0 saturated carbocycles. The van der Waals surface area contributed by atoms with Crippen LogP contribution in [0.3, 0.4) is 0 Å². The molecular formula is C7H7NOS. The minimum Gasteiger partial charge on any atom is -0.282 e. The zero-order chi connectivity index (χ0) is 6.97. The van der Waals surface area contributed by atoms with E-state index in [0.717, 1.165) is 11.4 Å². The van der Waals surface area contributed by atoms with E-state index in [1.54, 1.807) is 16.7 Å². The maximum atomic E-state index is 11.0. The maximum absolute atomic E-state index is 11.0. The zero-order valence-electron chi connectivity index (χ0n) is 5.41. The molecule has 0 aromatic heterocycles. The summed E-state index contributed by atoms with van der Waals surface area (Å²) in [5.74, 6) is 0.808. The van der Waals surface area contributed by atoms with E-state index in [1.807, 2.05) is 12.3 Å². The topological polar surface area (TPSA) is 20.3 Å². The summed E-state index contributed by atoms with van der Waals surface area (Å²) >= 11 is 1.62. The molecule has 52 valence electrons. The first-order valence-electron chi connectivity index (χ1n) is 3.19. The van der Waals surface area contributed by atoms with E-state index in [-0.39, 0.29) is 5.91 Å². The fourth-order valence-electron chi connectivity index (χ4n) is 1.05. The van der Waals surface area contributed by atoms with Gasteiger partial charge in [0.05, 0.1) is 10.8 Å². The molecule has 2 aliphatic rings. The van der Waals surface area contributed by atoms with Crippen molar-refractivity contribution in [2.45, 2.75) is 6.42 Å². The number of amides is 1. The Morgan fingerprint density at radius 3 is 3.30 bits per heavy atom. The molecule has 1 fully saturated rings. The molecule has 2 rings (SSSR count). The number of nitrogens with zero attached hydrogens (tertiary/aromatic N) is 1. The molecule has 2 heterocycles. The smallest absolute Gasteiger partial charge is 0.241 e. The standard InChI is InChI=1S/C7H7NOS/c9-6-5-10-7-3-1-2-4-8(6)7/h2-4H,1,5H2. The van der Waals surface area contributed by atoms with Crippen LogP contribution in [-0.2, 0) is 4.79 Å². The number of hydrogen-bond donors (Lipinski definition) is 0. The third-order valence-electron chi connectivity index (χ3n) is 1.53. The molecule has 0 N–H and O–H groups in total. The van der Waals surface area contributed by atoms with Crippen LogP contribution in [0, 0.1) is 0 Å². The quantitative estimate of drug-likeness (QED) is 0.523. The summed E-state index contributed by atoms with van der Waals surface area (Å²) in [5, 5.41) is 1.10. The van der Waals surface area contributed by atoms with Gasteiger partial charge in [-0.1, -0.05) is 17.8 Å². The van der Waals surface area contributed by atoms with Crippen molar-refractivity contribution in [1.82, 2.24) is 4.90 Å². The summed E-state index contributed by atoms with van der Waals surface area (Å²) in [6.07, 6.45) is 6.90. The van der Waals surface area contributed by atoms with Gasteiger partial charge in [-0.25, -0.2) is 0 Å². The molecule has 1 saturated heterocycles. The molecule has 0 atom stereocenters. The van der Waals surface area contributed by atoms with E-state index in [0.29, 0.717) is 5.75 Å². The van der Waals surface area contributed by atoms with Gasteiger partial charge in [-0.15, -0.1) is 0 Å². The summed E-state index contributed by atoms with van der Waals surface area (Å²) in [6.45, 7) is 0. The average Bonchev–Trinajstić information content (AvgIpc) is 2.34. The van der Waals surface area contributed by atoms with E-state index in [4.69, 9.17) is 0 Å². The molecule has 0 unspecified atom stereocenters. The van der Waals surface area contributed by atoms with Gasteiger partial charge in [-0.2, -0.15) is 0 Å². The van der Waals surface area contributed by atoms with Gasteiger partial charge in [-0.05, 0) is 12.5 Å². The van der Waals surface area contributed by atoms with Crippen molar-refractivity contribution in [2.75, 3.05) is 5.75 Å². The highest BCUT2D eigenvalue weighted by atomic mass is 32.2. The summed E-state index contributed by atoms with van der Waals surface area (Å²) in [6, 6.07) is 0. The van der Waals surface area contributed by atoms with Crippen LogP contribution in [0.4, 0.5) is 0 Å². The Morgan fingerprint density at radius 2 is 2.50 bits per heavy atom. The largest absolute Gasteiger partial charge is 0.282 e. The van der Waals surface area contributed by atoms with Crippen LogP contribution in [0.25, 0.3) is 0 Å². The summed E-state index contributed by atoms with van der Waals surface area (Å²) < 4.78 is 0. The van der Waals surface area contributed by atoms with E-state index in [1.165, 1.54) is 0 Å². The lowest BCUT2D eigenvalue weighted by Crippen LogP contribution is -2.18. The fraction of sp³-hybridized carbons (Fsp3) is 0.286. The Kier molecular flexibility index (Phi) is 1.31. The first kappa shape index (κ1) is 6.04. The Hall–Kier alpha value is -0.700. The molecule has 0 bridgehead atoms. The molecule has 1 amide bonds. The molecule has 0 aromatic carbocycles. The van der Waals surface area contributed by atoms with Gasteiger partial charge in [0.25, 0.3) is 0 Å². The van der Waals surface area contributed by atoms with Crippen LogP contribution in [0.1, 0.15) is 6.42 Å². The van der Waals surface area contributed by atoms with Crippen molar-refractivity contribution in [1.29, 1.82) is 0 Å². The van der Waals surface area contributed by atoms with E-state index < -0.39 is 0 Å². The average molecular weight is 153 g/mol. The first-order valence-corrected chi connectivity index (χ1v) is 4.18. The number of thioether (sulfide) groups is 1. The van der Waals surface area contributed by atoms with Crippen LogP contribution in [0.5, 0.6) is 0 Å². The summed E-state index contributed by atoms with van der Waals surface area (Å²) in [5.41, 5.74) is 0. The lowest BCUT2D eigenvalue weighted by atomic mass is 10.3. The van der Waals surface area contributed by atoms with Gasteiger partial charge >= 0.3 is 0 Å². The van der Waals surface area contributed by atoms with Gasteiger partial charge in [0.1, 0.15) is 0 Å². The van der Waals surface area contributed by atoms with Crippen molar-refractivity contribution in [3.63, 3.8) is 0 Å². The Balaban J connectivity index is 2.32. The van der Waals surface area contributed by atoms with Crippen molar-refractivity contribution in [2.24, 2.45) is 0 Å². The minimum atomic E-state index is 0.201. The first-order chi connectivity index (χ1) is 4.88. The number of rotatable bonds is 0. The van der Waals surface area contributed by atoms with Crippen LogP contribution < -0.4 is 0 Å². The third-order valence-corrected chi connectivity index (χ3v) is 2.58. The highest BCUT2D eigenvalue weighted by Crippen LogP contribution is 2.31. The molecule has 2 nitrogen and oxygen atoms in total. The van der Waals surface area contributed by atoms with E-state index in [9.17, 15) is 4.79 Å². The normalized spacial score (nSPS) is 23.0. The van der Waals surface area contributed by atoms with Gasteiger partial charge < -0.3 is 0 Å². The number of fused-ring (bicyclic) bond motifs is 1. The maximum Gasteiger partial charge on any atom is 0.241 e. The number of carbonyl (C=O) groups is 1. The Morgan fingerprint density at radius 1 is 1.60 bits per heavy atom. The molecule has 3 heteroatoms. The Bertz CT molecular complexity index is 232. The van der Waals surface area contributed by atoms with Gasteiger partial charge in [0.15, 0.2) is 0 Å². The molecule has 10 heavy (non-hydrogen) atoms. The monoisotopic (exact) mass is 153 g/mol. The molecule has 2 aliphatic heterocycles. The molecular weight excluding hydrogens is 146 g/mol. The highest BCUT2D eigenvalue weighted by Gasteiger charge is 2.24. The third kappa shape index (κ3) is 0.778. The van der Waals surface area contributed by atoms with Crippen molar-refractivity contribution < 1.29 is 4.79 Å².